The first-order chi connectivity index (χ1) is 11.9. The fraction of sp³-hybridized carbons (Fsp3) is 0.571. The molecular weight excluding hydrogens is 397 g/mol. The van der Waals surface area contributed by atoms with Crippen molar-refractivity contribution >= 4 is 20.0 Å². The molecule has 0 amide bonds. The van der Waals surface area contributed by atoms with E-state index in [9.17, 15) is 30.0 Å². The van der Waals surface area contributed by atoms with Gasteiger partial charge in [-0.05, 0) is 30.9 Å². The van der Waals surface area contributed by atoms with Gasteiger partial charge in [0.2, 0.25) is 20.0 Å². The number of halogens is 3. The zero-order valence-electron chi connectivity index (χ0n) is 13.9. The third kappa shape index (κ3) is 5.83. The summed E-state index contributed by atoms with van der Waals surface area (Å²) >= 11 is 0. The molecule has 1 heterocycles. The Hall–Kier alpha value is -1.37. The van der Waals surface area contributed by atoms with E-state index < -0.39 is 37.1 Å². The topological polar surface area (TPSA) is 92.8 Å². The molecule has 2 rings (SSSR count). The van der Waals surface area contributed by atoms with E-state index in [2.05, 4.69) is 9.46 Å². The number of hydrogen-bond donors (Lipinski definition) is 1. The molecule has 1 aliphatic heterocycles. The van der Waals surface area contributed by atoms with Crippen molar-refractivity contribution in [3.8, 4) is 5.75 Å². The van der Waals surface area contributed by atoms with Gasteiger partial charge in [0.25, 0.3) is 0 Å². The number of nitrogens with zero attached hydrogens (tertiary/aromatic N) is 1. The Labute approximate surface area is 150 Å². The van der Waals surface area contributed by atoms with E-state index in [-0.39, 0.29) is 25.6 Å². The van der Waals surface area contributed by atoms with Crippen molar-refractivity contribution in [2.75, 3.05) is 25.9 Å². The Bertz CT molecular complexity index is 832. The van der Waals surface area contributed by atoms with Crippen LogP contribution >= 0.6 is 0 Å². The molecule has 12 heteroatoms. The molecule has 0 spiro atoms. The fourth-order valence-electron chi connectivity index (χ4n) is 2.63. The molecule has 0 aliphatic carbocycles. The smallest absolute Gasteiger partial charge is 0.404 e. The summed E-state index contributed by atoms with van der Waals surface area (Å²) in [6.07, 6.45) is -3.00. The second-order valence-electron chi connectivity index (χ2n) is 5.95. The molecule has 0 radical (unpaired) electrons. The van der Waals surface area contributed by atoms with Crippen LogP contribution in [-0.4, -0.2) is 53.4 Å². The molecule has 1 saturated heterocycles. The minimum absolute atomic E-state index is 0.000285. The molecule has 1 aliphatic rings. The fourth-order valence-corrected chi connectivity index (χ4v) is 4.75. The highest BCUT2D eigenvalue weighted by atomic mass is 32.2. The molecule has 0 bridgehead atoms. The molecule has 1 aromatic rings. The van der Waals surface area contributed by atoms with Gasteiger partial charge in [-0.1, -0.05) is 12.1 Å². The minimum atomic E-state index is -5.01. The van der Waals surface area contributed by atoms with E-state index in [1.807, 2.05) is 0 Å². The standard InChI is InChI=1S/C14H19F3N2O5S2/c1-25(20,21)19-8-6-11(7-9-19)10-18-26(22,23)13-5-3-2-4-12(13)24-14(15,16)17/h2-5,11,18H,6-10H2,1H3. The van der Waals surface area contributed by atoms with Crippen LogP contribution in [0.25, 0.3) is 0 Å². The number of ether oxygens (including phenoxy) is 1. The molecule has 1 aromatic carbocycles. The molecule has 0 unspecified atom stereocenters. The summed E-state index contributed by atoms with van der Waals surface area (Å²) in [6.45, 7) is 0.554. The number of nitrogens with one attached hydrogen (secondary N) is 1. The lowest BCUT2D eigenvalue weighted by Gasteiger charge is -2.30. The van der Waals surface area contributed by atoms with Gasteiger partial charge in [-0.25, -0.2) is 25.9 Å². The number of benzene rings is 1. The lowest BCUT2D eigenvalue weighted by molar-refractivity contribution is -0.275. The van der Waals surface area contributed by atoms with Crippen LogP contribution in [0.4, 0.5) is 13.2 Å². The third-order valence-corrected chi connectivity index (χ3v) is 6.74. The number of sulfonamides is 2. The van der Waals surface area contributed by atoms with Gasteiger partial charge in [0.05, 0.1) is 6.26 Å². The van der Waals surface area contributed by atoms with Crippen molar-refractivity contribution in [2.24, 2.45) is 5.92 Å². The van der Waals surface area contributed by atoms with Crippen LogP contribution in [0, 0.1) is 5.92 Å². The van der Waals surface area contributed by atoms with Crippen LogP contribution in [0.5, 0.6) is 5.75 Å². The molecule has 0 atom stereocenters. The van der Waals surface area contributed by atoms with Crippen molar-refractivity contribution in [1.29, 1.82) is 0 Å². The highest BCUT2D eigenvalue weighted by molar-refractivity contribution is 7.89. The van der Waals surface area contributed by atoms with E-state index >= 15 is 0 Å². The second-order valence-corrected chi connectivity index (χ2v) is 9.67. The summed E-state index contributed by atoms with van der Waals surface area (Å²) in [4.78, 5) is -0.606. The van der Waals surface area contributed by atoms with Gasteiger partial charge in [0, 0.05) is 19.6 Å². The van der Waals surface area contributed by atoms with Gasteiger partial charge in [-0.3, -0.25) is 0 Å². The summed E-state index contributed by atoms with van der Waals surface area (Å²) in [5.41, 5.74) is 0. The second kappa shape index (κ2) is 7.71. The lowest BCUT2D eigenvalue weighted by Crippen LogP contribution is -2.41. The molecule has 7 nitrogen and oxygen atoms in total. The predicted octanol–water partition coefficient (Wildman–Crippen LogP) is 1.54. The molecule has 0 saturated carbocycles. The van der Waals surface area contributed by atoms with Gasteiger partial charge in [0.1, 0.15) is 10.6 Å². The van der Waals surface area contributed by atoms with E-state index in [4.69, 9.17) is 0 Å². The van der Waals surface area contributed by atoms with Crippen LogP contribution in [0.1, 0.15) is 12.8 Å². The van der Waals surface area contributed by atoms with E-state index in [1.165, 1.54) is 16.4 Å². The Morgan fingerprint density at radius 1 is 1.15 bits per heavy atom. The molecule has 1 N–H and O–H groups in total. The Morgan fingerprint density at radius 2 is 1.73 bits per heavy atom. The maximum absolute atomic E-state index is 12.4. The number of piperidine rings is 1. The SMILES string of the molecule is CS(=O)(=O)N1CCC(CNS(=O)(=O)c2ccccc2OC(F)(F)F)CC1. The predicted molar refractivity (Wildman–Crippen MR) is 87.5 cm³/mol. The largest absolute Gasteiger partial charge is 0.573 e. The maximum Gasteiger partial charge on any atom is 0.573 e. The van der Waals surface area contributed by atoms with Crippen LogP contribution in [0.2, 0.25) is 0 Å². The number of para-hydroxylation sites is 1. The number of alkyl halides is 3. The van der Waals surface area contributed by atoms with Crippen LogP contribution in [-0.2, 0) is 20.0 Å². The van der Waals surface area contributed by atoms with Gasteiger partial charge in [0.15, 0.2) is 0 Å². The third-order valence-electron chi connectivity index (χ3n) is 3.97. The first-order valence-electron chi connectivity index (χ1n) is 7.68. The summed E-state index contributed by atoms with van der Waals surface area (Å²) in [6, 6.07) is 4.48. The first-order valence-corrected chi connectivity index (χ1v) is 11.0. The van der Waals surface area contributed by atoms with Crippen molar-refractivity contribution in [3.05, 3.63) is 24.3 Å². The van der Waals surface area contributed by atoms with Gasteiger partial charge < -0.3 is 4.74 Å². The lowest BCUT2D eigenvalue weighted by atomic mass is 9.99. The summed E-state index contributed by atoms with van der Waals surface area (Å²) in [5.74, 6) is -0.919. The van der Waals surface area contributed by atoms with Gasteiger partial charge in [-0.2, -0.15) is 0 Å². The Morgan fingerprint density at radius 3 is 2.27 bits per heavy atom. The van der Waals surface area contributed by atoms with Crippen LogP contribution in [0.15, 0.2) is 29.2 Å². The molecular formula is C14H19F3N2O5S2. The van der Waals surface area contributed by atoms with Gasteiger partial charge in [-0.15, -0.1) is 13.2 Å². The van der Waals surface area contributed by atoms with E-state index in [1.54, 1.807) is 0 Å². The average molecular weight is 416 g/mol. The highest BCUT2D eigenvalue weighted by Gasteiger charge is 2.34. The zero-order valence-corrected chi connectivity index (χ0v) is 15.5. The summed E-state index contributed by atoms with van der Waals surface area (Å²) in [5, 5.41) is 0. The van der Waals surface area contributed by atoms with Crippen molar-refractivity contribution in [3.63, 3.8) is 0 Å². The average Bonchev–Trinajstić information content (AvgIpc) is 2.51. The normalized spacial score (nSPS) is 18.0. The van der Waals surface area contributed by atoms with Crippen molar-refractivity contribution < 1.29 is 34.7 Å². The van der Waals surface area contributed by atoms with Crippen LogP contribution < -0.4 is 9.46 Å². The maximum atomic E-state index is 12.4. The molecule has 26 heavy (non-hydrogen) atoms. The van der Waals surface area contributed by atoms with Gasteiger partial charge >= 0.3 is 6.36 Å². The van der Waals surface area contributed by atoms with E-state index in [0.29, 0.717) is 12.8 Å². The van der Waals surface area contributed by atoms with Crippen LogP contribution in [0.3, 0.4) is 0 Å². The number of hydrogen-bond acceptors (Lipinski definition) is 5. The molecule has 0 aromatic heterocycles. The minimum Gasteiger partial charge on any atom is -0.404 e. The zero-order chi connectivity index (χ0) is 19.6. The molecule has 148 valence electrons. The Kier molecular flexibility index (Phi) is 6.20. The van der Waals surface area contributed by atoms with Crippen molar-refractivity contribution in [2.45, 2.75) is 24.1 Å². The summed E-state index contributed by atoms with van der Waals surface area (Å²) < 4.78 is 92.2. The quantitative estimate of drug-likeness (QED) is 0.759. The number of rotatable bonds is 6. The van der Waals surface area contributed by atoms with E-state index in [0.717, 1.165) is 18.4 Å². The first kappa shape index (κ1) is 20.9. The summed E-state index contributed by atoms with van der Waals surface area (Å²) in [7, 11) is -7.50. The monoisotopic (exact) mass is 416 g/mol. The van der Waals surface area contributed by atoms with Crippen molar-refractivity contribution in [1.82, 2.24) is 9.03 Å². The highest BCUT2D eigenvalue weighted by Crippen LogP contribution is 2.29. The Balaban J connectivity index is 2.02. The molecule has 1 fully saturated rings.